The van der Waals surface area contributed by atoms with Crippen molar-refractivity contribution in [2.24, 2.45) is 0 Å². The molecule has 9 heteroatoms. The summed E-state index contributed by atoms with van der Waals surface area (Å²) in [6.07, 6.45) is -10.8. The fourth-order valence-corrected chi connectivity index (χ4v) is 1.17. The molecule has 0 saturated carbocycles. The van der Waals surface area contributed by atoms with Gasteiger partial charge in [-0.15, -0.1) is 0 Å². The van der Waals surface area contributed by atoms with Crippen molar-refractivity contribution in [2.75, 3.05) is 5.73 Å². The maximum Gasteiger partial charge on any atom is 0.430 e. The first-order valence-electron chi connectivity index (χ1n) is 4.07. The van der Waals surface area contributed by atoms with Crippen LogP contribution in [0.15, 0.2) is 18.5 Å². The summed E-state index contributed by atoms with van der Waals surface area (Å²) in [6, 6.07) is 0.734. The average molecular weight is 260 g/mol. The number of hydrogen-bond donors (Lipinski definition) is 2. The van der Waals surface area contributed by atoms with Gasteiger partial charge in [-0.1, -0.05) is 0 Å². The Labute approximate surface area is 90.9 Å². The number of aromatic nitrogens is 1. The molecular formula is C8H6F6N2O. The Morgan fingerprint density at radius 3 is 1.88 bits per heavy atom. The molecule has 0 aliphatic rings. The second-order valence-electron chi connectivity index (χ2n) is 3.17. The standard InChI is InChI=1S/C8H6F6N2O/c9-7(10,11)6(17,8(12,13)14)4-3-16-2-1-5(4)15/h1-3,17H,(H2,15,16). The number of nitrogen functional groups attached to an aromatic ring is 1. The van der Waals surface area contributed by atoms with Crippen molar-refractivity contribution in [3.05, 3.63) is 24.0 Å². The number of pyridine rings is 1. The first kappa shape index (κ1) is 13.6. The third-order valence-electron chi connectivity index (χ3n) is 2.07. The van der Waals surface area contributed by atoms with Crippen LogP contribution >= 0.6 is 0 Å². The predicted molar refractivity (Wildman–Crippen MR) is 44.7 cm³/mol. The number of halogens is 6. The zero-order valence-corrected chi connectivity index (χ0v) is 7.97. The number of hydrogen-bond acceptors (Lipinski definition) is 3. The normalized spacial score (nSPS) is 13.8. The van der Waals surface area contributed by atoms with Gasteiger partial charge in [0.05, 0.1) is 0 Å². The zero-order valence-electron chi connectivity index (χ0n) is 7.97. The van der Waals surface area contributed by atoms with E-state index >= 15 is 0 Å². The van der Waals surface area contributed by atoms with Crippen LogP contribution in [-0.4, -0.2) is 22.4 Å². The number of nitrogens with zero attached hydrogens (tertiary/aromatic N) is 1. The molecule has 0 saturated heterocycles. The minimum Gasteiger partial charge on any atom is -0.398 e. The van der Waals surface area contributed by atoms with Crippen LogP contribution in [0.1, 0.15) is 5.56 Å². The number of aliphatic hydroxyl groups is 1. The van der Waals surface area contributed by atoms with Crippen molar-refractivity contribution in [3.8, 4) is 0 Å². The van der Waals surface area contributed by atoms with Crippen LogP contribution in [-0.2, 0) is 5.60 Å². The van der Waals surface area contributed by atoms with E-state index in [0.29, 0.717) is 0 Å². The van der Waals surface area contributed by atoms with Gasteiger partial charge >= 0.3 is 12.4 Å². The van der Waals surface area contributed by atoms with Crippen molar-refractivity contribution < 1.29 is 31.4 Å². The van der Waals surface area contributed by atoms with Crippen molar-refractivity contribution in [3.63, 3.8) is 0 Å². The molecule has 0 radical (unpaired) electrons. The Kier molecular flexibility index (Phi) is 3.00. The highest BCUT2D eigenvalue weighted by Crippen LogP contribution is 2.51. The minimum absolute atomic E-state index is 0.232. The average Bonchev–Trinajstić information content (AvgIpc) is 2.13. The molecular weight excluding hydrogens is 254 g/mol. The maximum atomic E-state index is 12.4. The molecule has 0 bridgehead atoms. The summed E-state index contributed by atoms with van der Waals surface area (Å²) in [6.45, 7) is 0. The Morgan fingerprint density at radius 1 is 1.06 bits per heavy atom. The molecule has 0 unspecified atom stereocenters. The lowest BCUT2D eigenvalue weighted by Gasteiger charge is -2.32. The molecule has 17 heavy (non-hydrogen) atoms. The van der Waals surface area contributed by atoms with Gasteiger partial charge in [-0.3, -0.25) is 4.98 Å². The van der Waals surface area contributed by atoms with Crippen molar-refractivity contribution >= 4 is 5.69 Å². The summed E-state index contributed by atoms with van der Waals surface area (Å²) in [4.78, 5) is 3.10. The van der Waals surface area contributed by atoms with E-state index in [1.807, 2.05) is 0 Å². The molecule has 0 aliphatic heterocycles. The van der Waals surface area contributed by atoms with E-state index in [2.05, 4.69) is 4.98 Å². The van der Waals surface area contributed by atoms with E-state index in [0.717, 1.165) is 12.3 Å². The summed E-state index contributed by atoms with van der Waals surface area (Å²) in [7, 11) is 0. The number of nitrogens with two attached hydrogens (primary N) is 1. The Bertz CT molecular complexity index is 399. The van der Waals surface area contributed by atoms with Crippen LogP contribution < -0.4 is 5.73 Å². The highest BCUT2D eigenvalue weighted by atomic mass is 19.4. The molecule has 1 aromatic heterocycles. The third kappa shape index (κ3) is 2.02. The molecule has 0 amide bonds. The van der Waals surface area contributed by atoms with Crippen molar-refractivity contribution in [1.29, 1.82) is 0 Å². The highest BCUT2D eigenvalue weighted by molar-refractivity contribution is 5.49. The molecule has 0 aliphatic carbocycles. The Hall–Kier alpha value is -1.51. The molecule has 1 aromatic rings. The van der Waals surface area contributed by atoms with Crippen LogP contribution in [0.2, 0.25) is 0 Å². The van der Waals surface area contributed by atoms with Gasteiger partial charge in [0, 0.05) is 23.6 Å². The lowest BCUT2D eigenvalue weighted by molar-refractivity contribution is -0.376. The molecule has 96 valence electrons. The summed E-state index contributed by atoms with van der Waals surface area (Å²) in [5.41, 5.74) is -2.42. The van der Waals surface area contributed by atoms with Crippen LogP contribution in [0.5, 0.6) is 0 Å². The molecule has 0 atom stereocenters. The molecule has 0 spiro atoms. The SMILES string of the molecule is Nc1ccncc1C(O)(C(F)(F)F)C(F)(F)F. The van der Waals surface area contributed by atoms with E-state index < -0.39 is 29.2 Å². The second-order valence-corrected chi connectivity index (χ2v) is 3.17. The van der Waals surface area contributed by atoms with Gasteiger partial charge in [-0.2, -0.15) is 26.3 Å². The summed E-state index contributed by atoms with van der Waals surface area (Å²) in [5.74, 6) is 0. The van der Waals surface area contributed by atoms with Crippen molar-refractivity contribution in [1.82, 2.24) is 4.98 Å². The van der Waals surface area contributed by atoms with Crippen LogP contribution in [0.25, 0.3) is 0 Å². The Morgan fingerprint density at radius 2 is 1.53 bits per heavy atom. The van der Waals surface area contributed by atoms with E-state index in [1.165, 1.54) is 0 Å². The second kappa shape index (κ2) is 3.76. The first-order valence-corrected chi connectivity index (χ1v) is 4.07. The van der Waals surface area contributed by atoms with Gasteiger partial charge in [0.25, 0.3) is 5.60 Å². The molecule has 0 fully saturated rings. The summed E-state index contributed by atoms with van der Waals surface area (Å²) >= 11 is 0. The molecule has 3 N–H and O–H groups in total. The van der Waals surface area contributed by atoms with E-state index in [9.17, 15) is 26.3 Å². The lowest BCUT2D eigenvalue weighted by atomic mass is 9.92. The topological polar surface area (TPSA) is 59.1 Å². The Balaban J connectivity index is 3.53. The molecule has 1 heterocycles. The van der Waals surface area contributed by atoms with Gasteiger partial charge in [0.15, 0.2) is 0 Å². The van der Waals surface area contributed by atoms with Gasteiger partial charge in [-0.05, 0) is 6.07 Å². The number of rotatable bonds is 1. The van der Waals surface area contributed by atoms with E-state index in [4.69, 9.17) is 10.8 Å². The smallest absolute Gasteiger partial charge is 0.398 e. The summed E-state index contributed by atoms with van der Waals surface area (Å²) < 4.78 is 74.5. The quantitative estimate of drug-likeness (QED) is 0.759. The molecule has 3 nitrogen and oxygen atoms in total. The number of alkyl halides is 6. The monoisotopic (exact) mass is 260 g/mol. The van der Waals surface area contributed by atoms with Gasteiger partial charge in [0.2, 0.25) is 0 Å². The van der Waals surface area contributed by atoms with Gasteiger partial charge < -0.3 is 10.8 Å². The van der Waals surface area contributed by atoms with E-state index in [1.54, 1.807) is 0 Å². The van der Waals surface area contributed by atoms with Gasteiger partial charge in [0.1, 0.15) is 0 Å². The highest BCUT2D eigenvalue weighted by Gasteiger charge is 2.72. The van der Waals surface area contributed by atoms with Crippen molar-refractivity contribution in [2.45, 2.75) is 18.0 Å². The van der Waals surface area contributed by atoms with Crippen LogP contribution in [0.3, 0.4) is 0 Å². The predicted octanol–water partition coefficient (Wildman–Crippen LogP) is 1.98. The van der Waals surface area contributed by atoms with Crippen LogP contribution in [0.4, 0.5) is 32.0 Å². The largest absolute Gasteiger partial charge is 0.430 e. The fourth-order valence-electron chi connectivity index (χ4n) is 1.17. The molecule has 1 rings (SSSR count). The third-order valence-corrected chi connectivity index (χ3v) is 2.07. The lowest BCUT2D eigenvalue weighted by Crippen LogP contribution is -2.54. The summed E-state index contributed by atoms with van der Waals surface area (Å²) in [5, 5.41) is 8.97. The van der Waals surface area contributed by atoms with E-state index in [-0.39, 0.29) is 6.20 Å². The fraction of sp³-hybridized carbons (Fsp3) is 0.375. The maximum absolute atomic E-state index is 12.4. The van der Waals surface area contributed by atoms with Crippen LogP contribution in [0, 0.1) is 0 Å². The number of anilines is 1. The first-order chi connectivity index (χ1) is 7.52. The molecule has 0 aromatic carbocycles. The zero-order chi connectivity index (χ0) is 13.5. The van der Waals surface area contributed by atoms with Gasteiger partial charge in [-0.25, -0.2) is 0 Å². The minimum atomic E-state index is -5.96.